The lowest BCUT2D eigenvalue weighted by Gasteiger charge is -2.07. The Morgan fingerprint density at radius 2 is 2.33 bits per heavy atom. The van der Waals surface area contributed by atoms with Crippen molar-refractivity contribution in [1.29, 1.82) is 0 Å². The molecule has 3 N–H and O–H groups in total. The Morgan fingerprint density at radius 1 is 1.56 bits per heavy atom. The number of nitrogens with zero attached hydrogens (tertiary/aromatic N) is 1. The standard InChI is InChI=1S/C11H9ClFN3OS/c12-7-2-1-3-8(13)10(7)16-9(17)4-6-5-18-11(14)15-6/h1-3,5H,4H2,(H2,14,15)(H,16,17). The molecule has 0 aliphatic heterocycles. The third-order valence-electron chi connectivity index (χ3n) is 2.14. The molecule has 18 heavy (non-hydrogen) atoms. The normalized spacial score (nSPS) is 10.3. The molecule has 2 rings (SSSR count). The molecule has 1 heterocycles. The molecule has 0 saturated heterocycles. The third-order valence-corrected chi connectivity index (χ3v) is 3.18. The summed E-state index contributed by atoms with van der Waals surface area (Å²) in [5.41, 5.74) is 5.97. The molecule has 0 atom stereocenters. The van der Waals surface area contributed by atoms with E-state index in [-0.39, 0.29) is 17.1 Å². The molecule has 94 valence electrons. The molecule has 0 spiro atoms. The quantitative estimate of drug-likeness (QED) is 0.911. The van der Waals surface area contributed by atoms with Gasteiger partial charge in [-0.15, -0.1) is 11.3 Å². The van der Waals surface area contributed by atoms with Crippen molar-refractivity contribution in [2.45, 2.75) is 6.42 Å². The summed E-state index contributed by atoms with van der Waals surface area (Å²) in [6.45, 7) is 0. The van der Waals surface area contributed by atoms with Crippen molar-refractivity contribution in [1.82, 2.24) is 4.98 Å². The summed E-state index contributed by atoms with van der Waals surface area (Å²) in [5, 5.41) is 4.64. The largest absolute Gasteiger partial charge is 0.375 e. The maximum atomic E-state index is 13.4. The second-order valence-corrected chi connectivity index (χ2v) is 4.80. The van der Waals surface area contributed by atoms with Crippen LogP contribution in [0, 0.1) is 5.82 Å². The van der Waals surface area contributed by atoms with E-state index in [1.54, 1.807) is 5.38 Å². The molecule has 4 nitrogen and oxygen atoms in total. The first-order valence-corrected chi connectivity index (χ1v) is 6.26. The van der Waals surface area contributed by atoms with Crippen molar-refractivity contribution in [3.63, 3.8) is 0 Å². The van der Waals surface area contributed by atoms with Crippen molar-refractivity contribution in [3.8, 4) is 0 Å². The smallest absolute Gasteiger partial charge is 0.230 e. The summed E-state index contributed by atoms with van der Waals surface area (Å²) >= 11 is 7.04. The Kier molecular flexibility index (Phi) is 3.78. The fourth-order valence-electron chi connectivity index (χ4n) is 1.37. The van der Waals surface area contributed by atoms with Gasteiger partial charge in [0, 0.05) is 5.38 Å². The van der Waals surface area contributed by atoms with Crippen molar-refractivity contribution in [3.05, 3.63) is 40.1 Å². The maximum absolute atomic E-state index is 13.4. The van der Waals surface area contributed by atoms with E-state index in [1.165, 1.54) is 29.5 Å². The van der Waals surface area contributed by atoms with Crippen molar-refractivity contribution < 1.29 is 9.18 Å². The van der Waals surface area contributed by atoms with Crippen LogP contribution in [0.4, 0.5) is 15.2 Å². The molecule has 1 aromatic heterocycles. The van der Waals surface area contributed by atoms with Crippen LogP contribution in [0.1, 0.15) is 5.69 Å². The number of benzene rings is 1. The lowest BCUT2D eigenvalue weighted by Crippen LogP contribution is -2.16. The number of hydrogen-bond acceptors (Lipinski definition) is 4. The van der Waals surface area contributed by atoms with Gasteiger partial charge in [0.1, 0.15) is 5.82 Å². The minimum Gasteiger partial charge on any atom is -0.375 e. The van der Waals surface area contributed by atoms with Crippen LogP contribution in [0.15, 0.2) is 23.6 Å². The average Bonchev–Trinajstić information content (AvgIpc) is 2.69. The van der Waals surface area contributed by atoms with Crippen LogP contribution in [0.5, 0.6) is 0 Å². The third kappa shape index (κ3) is 2.96. The molecule has 0 unspecified atom stereocenters. The first-order valence-electron chi connectivity index (χ1n) is 5.00. The van der Waals surface area contributed by atoms with Crippen molar-refractivity contribution in [2.75, 3.05) is 11.1 Å². The molecule has 1 amide bonds. The van der Waals surface area contributed by atoms with E-state index in [0.29, 0.717) is 10.8 Å². The van der Waals surface area contributed by atoms with Gasteiger partial charge < -0.3 is 11.1 Å². The topological polar surface area (TPSA) is 68.0 Å². The predicted octanol–water partition coefficient (Wildman–Crippen LogP) is 2.70. The molecule has 1 aromatic carbocycles. The number of halogens is 2. The van der Waals surface area contributed by atoms with Gasteiger partial charge in [0.2, 0.25) is 5.91 Å². The first kappa shape index (κ1) is 12.8. The van der Waals surface area contributed by atoms with Crippen molar-refractivity contribution >= 4 is 39.7 Å². The van der Waals surface area contributed by atoms with Gasteiger partial charge in [0.15, 0.2) is 5.13 Å². The van der Waals surface area contributed by atoms with E-state index in [4.69, 9.17) is 17.3 Å². The zero-order chi connectivity index (χ0) is 13.1. The highest BCUT2D eigenvalue weighted by Crippen LogP contribution is 2.24. The lowest BCUT2D eigenvalue weighted by atomic mass is 10.2. The number of nitrogen functional groups attached to an aromatic ring is 1. The molecule has 7 heteroatoms. The number of rotatable bonds is 3. The second kappa shape index (κ2) is 5.32. The maximum Gasteiger partial charge on any atom is 0.230 e. The van der Waals surface area contributed by atoms with Gasteiger partial charge in [-0.1, -0.05) is 17.7 Å². The van der Waals surface area contributed by atoms with E-state index < -0.39 is 11.7 Å². The molecule has 0 radical (unpaired) electrons. The van der Waals surface area contributed by atoms with Gasteiger partial charge >= 0.3 is 0 Å². The minimum absolute atomic E-state index is 0.0210. The Hall–Kier alpha value is -1.66. The Morgan fingerprint density at radius 3 is 2.94 bits per heavy atom. The molecule has 0 saturated carbocycles. The number of carbonyl (C=O) groups excluding carboxylic acids is 1. The van der Waals surface area contributed by atoms with E-state index >= 15 is 0 Å². The summed E-state index contributed by atoms with van der Waals surface area (Å²) in [6, 6.07) is 4.19. The van der Waals surface area contributed by atoms with E-state index in [1.807, 2.05) is 0 Å². The molecule has 2 aromatic rings. The van der Waals surface area contributed by atoms with Gasteiger partial charge in [-0.05, 0) is 12.1 Å². The highest BCUT2D eigenvalue weighted by atomic mass is 35.5. The average molecular weight is 286 g/mol. The lowest BCUT2D eigenvalue weighted by molar-refractivity contribution is -0.115. The van der Waals surface area contributed by atoms with Crippen LogP contribution < -0.4 is 11.1 Å². The van der Waals surface area contributed by atoms with E-state index in [9.17, 15) is 9.18 Å². The molecular weight excluding hydrogens is 277 g/mol. The summed E-state index contributed by atoms with van der Waals surface area (Å²) < 4.78 is 13.4. The van der Waals surface area contributed by atoms with Gasteiger partial charge in [-0.25, -0.2) is 9.37 Å². The van der Waals surface area contributed by atoms with Crippen LogP contribution in [0.3, 0.4) is 0 Å². The zero-order valence-electron chi connectivity index (χ0n) is 9.11. The number of aromatic nitrogens is 1. The number of carbonyl (C=O) groups is 1. The number of nitrogens with one attached hydrogen (secondary N) is 1. The Balaban J connectivity index is 2.08. The van der Waals surface area contributed by atoms with Gasteiger partial charge in [-0.3, -0.25) is 4.79 Å². The molecule has 0 aliphatic rings. The number of thiazole rings is 1. The number of para-hydroxylation sites is 1. The van der Waals surface area contributed by atoms with Gasteiger partial charge in [0.25, 0.3) is 0 Å². The first-order chi connectivity index (χ1) is 8.56. The highest BCUT2D eigenvalue weighted by molar-refractivity contribution is 7.13. The molecule has 0 fully saturated rings. The summed E-state index contributed by atoms with van der Waals surface area (Å²) in [6.07, 6.45) is 0.0262. The summed E-state index contributed by atoms with van der Waals surface area (Å²) in [7, 11) is 0. The summed E-state index contributed by atoms with van der Waals surface area (Å²) in [5.74, 6) is -0.971. The number of hydrogen-bond donors (Lipinski definition) is 2. The highest BCUT2D eigenvalue weighted by Gasteiger charge is 2.12. The molecule has 0 bridgehead atoms. The molecule has 0 aliphatic carbocycles. The number of anilines is 2. The minimum atomic E-state index is -0.575. The van der Waals surface area contributed by atoms with Crippen LogP contribution in [0.25, 0.3) is 0 Å². The van der Waals surface area contributed by atoms with Gasteiger partial charge in [-0.2, -0.15) is 0 Å². The molecular formula is C11H9ClFN3OS. The fourth-order valence-corrected chi connectivity index (χ4v) is 2.14. The number of nitrogens with two attached hydrogens (primary N) is 1. The van der Waals surface area contributed by atoms with Crippen LogP contribution >= 0.6 is 22.9 Å². The fraction of sp³-hybridized carbons (Fsp3) is 0.0909. The Labute approximate surface area is 112 Å². The predicted molar refractivity (Wildman–Crippen MR) is 70.3 cm³/mol. The van der Waals surface area contributed by atoms with Gasteiger partial charge in [0.05, 0.1) is 22.8 Å². The van der Waals surface area contributed by atoms with E-state index in [0.717, 1.165) is 0 Å². The second-order valence-electron chi connectivity index (χ2n) is 3.50. The van der Waals surface area contributed by atoms with E-state index in [2.05, 4.69) is 10.3 Å². The van der Waals surface area contributed by atoms with Crippen LogP contribution in [0.2, 0.25) is 5.02 Å². The monoisotopic (exact) mass is 285 g/mol. The Bertz CT molecular complexity index is 567. The van der Waals surface area contributed by atoms with Crippen molar-refractivity contribution in [2.24, 2.45) is 0 Å². The SMILES string of the molecule is Nc1nc(CC(=O)Nc2c(F)cccc2Cl)cs1. The zero-order valence-corrected chi connectivity index (χ0v) is 10.7. The number of amides is 1. The summed E-state index contributed by atoms with van der Waals surface area (Å²) in [4.78, 5) is 15.6. The van der Waals surface area contributed by atoms with Crippen LogP contribution in [-0.2, 0) is 11.2 Å². The van der Waals surface area contributed by atoms with Crippen LogP contribution in [-0.4, -0.2) is 10.9 Å².